The van der Waals surface area contributed by atoms with Crippen LogP contribution in [-0.2, 0) is 4.84 Å². The molecule has 0 spiro atoms. The minimum Gasteiger partial charge on any atom is -0.485 e. The molecular formula is C15H24ClN3O3. The highest BCUT2D eigenvalue weighted by molar-refractivity contribution is 5.85. The van der Waals surface area contributed by atoms with Crippen LogP contribution in [0.1, 0.15) is 13.8 Å². The maximum atomic E-state index is 5.89. The van der Waals surface area contributed by atoms with E-state index in [1.165, 1.54) is 0 Å². The van der Waals surface area contributed by atoms with E-state index in [4.69, 9.17) is 20.0 Å². The van der Waals surface area contributed by atoms with E-state index in [1.807, 2.05) is 24.3 Å². The lowest BCUT2D eigenvalue weighted by molar-refractivity contribution is 0.101. The summed E-state index contributed by atoms with van der Waals surface area (Å²) < 4.78 is 11.3. The number of ether oxygens (including phenoxy) is 2. The molecule has 2 rings (SSSR count). The number of para-hydroxylation sites is 2. The van der Waals surface area contributed by atoms with Gasteiger partial charge in [-0.3, -0.25) is 0 Å². The molecule has 0 aromatic heterocycles. The number of halogens is 1. The Kier molecular flexibility index (Phi) is 7.84. The second kappa shape index (κ2) is 9.38. The van der Waals surface area contributed by atoms with Crippen molar-refractivity contribution in [1.82, 2.24) is 4.90 Å². The van der Waals surface area contributed by atoms with E-state index in [0.29, 0.717) is 24.8 Å². The van der Waals surface area contributed by atoms with Crippen LogP contribution in [0.25, 0.3) is 0 Å². The topological polar surface area (TPSA) is 69.3 Å². The standard InChI is InChI=1S/C15H23N3O3.ClH/c1-3-18(4-2)9-10-20-17-15(16)14-11-19-12-7-5-6-8-13(12)21-14;/h5-8,14H,3-4,9-11H2,1-2H3,(H2,16,17);1H. The number of fused-ring (bicyclic) bond motifs is 1. The first-order valence-corrected chi connectivity index (χ1v) is 7.30. The summed E-state index contributed by atoms with van der Waals surface area (Å²) in [5.41, 5.74) is 5.89. The molecule has 6 nitrogen and oxygen atoms in total. The largest absolute Gasteiger partial charge is 0.485 e. The molecule has 124 valence electrons. The minimum atomic E-state index is -0.409. The van der Waals surface area contributed by atoms with Crippen LogP contribution >= 0.6 is 12.4 Å². The molecule has 0 saturated carbocycles. The van der Waals surface area contributed by atoms with Gasteiger partial charge in [0.2, 0.25) is 0 Å². The van der Waals surface area contributed by atoms with Gasteiger partial charge in [0.1, 0.15) is 13.2 Å². The lowest BCUT2D eigenvalue weighted by atomic mass is 10.2. The molecule has 0 saturated heterocycles. The smallest absolute Gasteiger partial charge is 0.193 e. The van der Waals surface area contributed by atoms with Crippen molar-refractivity contribution in [3.05, 3.63) is 24.3 Å². The molecule has 1 atom stereocenters. The zero-order chi connectivity index (χ0) is 15.1. The zero-order valence-electron chi connectivity index (χ0n) is 13.0. The average Bonchev–Trinajstić information content (AvgIpc) is 2.54. The van der Waals surface area contributed by atoms with E-state index in [9.17, 15) is 0 Å². The van der Waals surface area contributed by atoms with Gasteiger partial charge >= 0.3 is 0 Å². The van der Waals surface area contributed by atoms with Gasteiger partial charge in [0, 0.05) is 6.54 Å². The highest BCUT2D eigenvalue weighted by Gasteiger charge is 2.24. The number of rotatable bonds is 7. The molecule has 1 aromatic carbocycles. The van der Waals surface area contributed by atoms with E-state index in [1.54, 1.807) is 0 Å². The van der Waals surface area contributed by atoms with E-state index in [0.717, 1.165) is 25.4 Å². The van der Waals surface area contributed by atoms with Gasteiger partial charge in [-0.1, -0.05) is 31.1 Å². The number of benzene rings is 1. The first kappa shape index (κ1) is 18.4. The van der Waals surface area contributed by atoms with Gasteiger partial charge in [0.05, 0.1) is 0 Å². The van der Waals surface area contributed by atoms with Gasteiger partial charge in [-0.25, -0.2) is 0 Å². The molecular weight excluding hydrogens is 306 g/mol. The van der Waals surface area contributed by atoms with E-state index in [-0.39, 0.29) is 12.4 Å². The van der Waals surface area contributed by atoms with Crippen molar-refractivity contribution in [2.24, 2.45) is 10.9 Å². The molecule has 7 heteroatoms. The van der Waals surface area contributed by atoms with Gasteiger partial charge in [0.15, 0.2) is 23.4 Å². The van der Waals surface area contributed by atoms with Crippen molar-refractivity contribution in [2.75, 3.05) is 32.8 Å². The monoisotopic (exact) mass is 329 g/mol. The van der Waals surface area contributed by atoms with E-state index in [2.05, 4.69) is 23.9 Å². The molecule has 1 unspecified atom stereocenters. The fraction of sp³-hybridized carbons (Fsp3) is 0.533. The van der Waals surface area contributed by atoms with Crippen LogP contribution in [-0.4, -0.2) is 49.7 Å². The summed E-state index contributed by atoms with van der Waals surface area (Å²) in [4.78, 5) is 7.51. The fourth-order valence-corrected chi connectivity index (χ4v) is 2.05. The van der Waals surface area contributed by atoms with Crippen molar-refractivity contribution in [2.45, 2.75) is 20.0 Å². The van der Waals surface area contributed by atoms with Crippen molar-refractivity contribution in [3.63, 3.8) is 0 Å². The molecule has 0 fully saturated rings. The third kappa shape index (κ3) is 4.96. The number of nitrogens with two attached hydrogens (primary N) is 1. The molecule has 0 aliphatic carbocycles. The molecule has 1 aromatic rings. The minimum absolute atomic E-state index is 0. The Morgan fingerprint density at radius 3 is 2.68 bits per heavy atom. The molecule has 0 radical (unpaired) electrons. The Hall–Kier alpha value is -1.66. The van der Waals surface area contributed by atoms with Crippen LogP contribution < -0.4 is 15.2 Å². The fourth-order valence-electron chi connectivity index (χ4n) is 2.05. The zero-order valence-corrected chi connectivity index (χ0v) is 13.8. The Balaban J connectivity index is 0.00000242. The van der Waals surface area contributed by atoms with E-state index < -0.39 is 6.10 Å². The molecule has 0 bridgehead atoms. The van der Waals surface area contributed by atoms with Crippen molar-refractivity contribution < 1.29 is 14.3 Å². The summed E-state index contributed by atoms with van der Waals surface area (Å²) in [5.74, 6) is 1.70. The number of oxime groups is 1. The Morgan fingerprint density at radius 2 is 2.00 bits per heavy atom. The SMILES string of the molecule is CCN(CC)CCO/N=C(\N)C1COc2ccccc2O1.Cl. The molecule has 1 aliphatic heterocycles. The van der Waals surface area contributed by atoms with Crippen molar-refractivity contribution >= 4 is 18.2 Å². The summed E-state index contributed by atoms with van der Waals surface area (Å²) in [7, 11) is 0. The van der Waals surface area contributed by atoms with Crippen LogP contribution in [0, 0.1) is 0 Å². The van der Waals surface area contributed by atoms with Crippen LogP contribution in [0.2, 0.25) is 0 Å². The normalized spacial score (nSPS) is 17.0. The van der Waals surface area contributed by atoms with Crippen LogP contribution in [0.5, 0.6) is 11.5 Å². The molecule has 1 heterocycles. The summed E-state index contributed by atoms with van der Waals surface area (Å²) in [6.07, 6.45) is -0.409. The maximum Gasteiger partial charge on any atom is 0.193 e. The Bertz CT molecular complexity index is 481. The maximum absolute atomic E-state index is 5.89. The average molecular weight is 330 g/mol. The van der Waals surface area contributed by atoms with E-state index >= 15 is 0 Å². The lowest BCUT2D eigenvalue weighted by Gasteiger charge is -2.25. The molecule has 0 amide bonds. The van der Waals surface area contributed by atoms with Crippen LogP contribution in [0.15, 0.2) is 29.4 Å². The predicted molar refractivity (Wildman–Crippen MR) is 89.0 cm³/mol. The van der Waals surface area contributed by atoms with Crippen LogP contribution in [0.3, 0.4) is 0 Å². The summed E-state index contributed by atoms with van der Waals surface area (Å²) in [6.45, 7) is 7.90. The second-order valence-corrected chi connectivity index (χ2v) is 4.74. The van der Waals surface area contributed by atoms with Crippen LogP contribution in [0.4, 0.5) is 0 Å². The summed E-state index contributed by atoms with van der Waals surface area (Å²) in [5, 5.41) is 3.92. The van der Waals surface area contributed by atoms with Crippen molar-refractivity contribution in [1.29, 1.82) is 0 Å². The summed E-state index contributed by atoms with van der Waals surface area (Å²) >= 11 is 0. The Labute approximate surface area is 137 Å². The van der Waals surface area contributed by atoms with Gasteiger partial charge in [-0.05, 0) is 25.2 Å². The first-order chi connectivity index (χ1) is 10.2. The van der Waals surface area contributed by atoms with Gasteiger partial charge in [-0.2, -0.15) is 0 Å². The highest BCUT2D eigenvalue weighted by atomic mass is 35.5. The highest BCUT2D eigenvalue weighted by Crippen LogP contribution is 2.30. The number of amidine groups is 1. The molecule has 22 heavy (non-hydrogen) atoms. The second-order valence-electron chi connectivity index (χ2n) is 4.74. The summed E-state index contributed by atoms with van der Waals surface area (Å²) in [6, 6.07) is 7.49. The third-order valence-electron chi connectivity index (χ3n) is 3.40. The Morgan fingerprint density at radius 1 is 1.32 bits per heavy atom. The number of hydrogen-bond acceptors (Lipinski definition) is 5. The number of likely N-dealkylation sites (N-methyl/N-ethyl adjacent to an activating group) is 1. The van der Waals surface area contributed by atoms with Gasteiger partial charge < -0.3 is 24.9 Å². The number of nitrogens with zero attached hydrogens (tertiary/aromatic N) is 2. The molecule has 1 aliphatic rings. The molecule has 2 N–H and O–H groups in total. The first-order valence-electron chi connectivity index (χ1n) is 7.30. The van der Waals surface area contributed by atoms with Gasteiger partial charge in [0.25, 0.3) is 0 Å². The van der Waals surface area contributed by atoms with Gasteiger partial charge in [-0.15, -0.1) is 12.4 Å². The third-order valence-corrected chi connectivity index (χ3v) is 3.40. The quantitative estimate of drug-likeness (QED) is 0.358. The lowest BCUT2D eigenvalue weighted by Crippen LogP contribution is -2.41. The predicted octanol–water partition coefficient (Wildman–Crippen LogP) is 1.88. The van der Waals surface area contributed by atoms with Crippen molar-refractivity contribution in [3.8, 4) is 11.5 Å². The number of hydrogen-bond donors (Lipinski definition) is 1.